The lowest BCUT2D eigenvalue weighted by molar-refractivity contribution is -0.104. The van der Waals surface area contributed by atoms with Crippen molar-refractivity contribution < 1.29 is 13.9 Å². The fraction of sp³-hybridized carbons (Fsp3) is 0.444. The zero-order valence-electron chi connectivity index (χ0n) is 18.7. The molecule has 0 aromatic heterocycles. The van der Waals surface area contributed by atoms with E-state index in [9.17, 15) is 4.39 Å². The number of hydrogen-bond acceptors (Lipinski definition) is 3. The Balaban J connectivity index is 0.000000785. The number of aldehydes is 1. The van der Waals surface area contributed by atoms with Crippen molar-refractivity contribution in [1.82, 2.24) is 0 Å². The molecule has 31 heavy (non-hydrogen) atoms. The van der Waals surface area contributed by atoms with E-state index in [0.29, 0.717) is 30.6 Å². The van der Waals surface area contributed by atoms with E-state index in [1.165, 1.54) is 30.9 Å². The van der Waals surface area contributed by atoms with Crippen LogP contribution in [0.15, 0.2) is 55.1 Å². The van der Waals surface area contributed by atoms with Crippen LogP contribution in [0.3, 0.4) is 0 Å². The van der Waals surface area contributed by atoms with Gasteiger partial charge in [0.05, 0.1) is 6.61 Å². The van der Waals surface area contributed by atoms with E-state index in [1.54, 1.807) is 12.1 Å². The molecule has 1 saturated carbocycles. The molecule has 0 atom stereocenters. The summed E-state index contributed by atoms with van der Waals surface area (Å²) >= 11 is 0. The quantitative estimate of drug-likeness (QED) is 0.284. The number of rotatable bonds is 9. The van der Waals surface area contributed by atoms with Gasteiger partial charge in [0, 0.05) is 6.04 Å². The lowest BCUT2D eigenvalue weighted by Gasteiger charge is -2.26. The SMILES string of the molecule is C=CC=O.CCCCCc1ccc(-c2ccc(OCC3CCC(N)CC3)c(F)c2)cc1. The average molecular weight is 426 g/mol. The summed E-state index contributed by atoms with van der Waals surface area (Å²) in [7, 11) is 0. The predicted octanol–water partition coefficient (Wildman–Crippen LogP) is 6.49. The molecule has 0 aliphatic heterocycles. The predicted molar refractivity (Wildman–Crippen MR) is 127 cm³/mol. The number of unbranched alkanes of at least 4 members (excludes halogenated alkanes) is 2. The van der Waals surface area contributed by atoms with Crippen molar-refractivity contribution >= 4 is 6.29 Å². The second-order valence-electron chi connectivity index (χ2n) is 8.26. The van der Waals surface area contributed by atoms with Crippen molar-refractivity contribution in [2.24, 2.45) is 11.7 Å². The van der Waals surface area contributed by atoms with Crippen LogP contribution in [0.1, 0.15) is 57.4 Å². The third-order valence-corrected chi connectivity index (χ3v) is 5.75. The molecule has 0 bridgehead atoms. The average Bonchev–Trinajstić information content (AvgIpc) is 2.80. The lowest BCUT2D eigenvalue weighted by Crippen LogP contribution is -2.28. The monoisotopic (exact) mass is 425 g/mol. The van der Waals surface area contributed by atoms with Gasteiger partial charge in [0.2, 0.25) is 0 Å². The zero-order chi connectivity index (χ0) is 22.5. The fourth-order valence-electron chi connectivity index (χ4n) is 3.80. The van der Waals surface area contributed by atoms with E-state index in [-0.39, 0.29) is 5.82 Å². The maximum atomic E-state index is 14.5. The Morgan fingerprint density at radius 3 is 2.29 bits per heavy atom. The van der Waals surface area contributed by atoms with Crippen molar-refractivity contribution in [3.63, 3.8) is 0 Å². The summed E-state index contributed by atoms with van der Waals surface area (Å²) in [5.41, 5.74) is 9.22. The summed E-state index contributed by atoms with van der Waals surface area (Å²) in [6.07, 6.45) is 10.9. The molecule has 1 aliphatic carbocycles. The topological polar surface area (TPSA) is 52.3 Å². The van der Waals surface area contributed by atoms with E-state index < -0.39 is 0 Å². The first-order valence-corrected chi connectivity index (χ1v) is 11.4. The highest BCUT2D eigenvalue weighted by molar-refractivity contribution is 5.64. The normalized spacial score (nSPS) is 17.9. The number of benzene rings is 2. The van der Waals surface area contributed by atoms with Crippen LogP contribution in [0.25, 0.3) is 11.1 Å². The maximum Gasteiger partial charge on any atom is 0.165 e. The molecule has 1 fully saturated rings. The highest BCUT2D eigenvalue weighted by atomic mass is 19.1. The molecule has 2 aromatic carbocycles. The van der Waals surface area contributed by atoms with Gasteiger partial charge in [0.1, 0.15) is 6.29 Å². The van der Waals surface area contributed by atoms with Crippen LogP contribution in [0.2, 0.25) is 0 Å². The first-order valence-electron chi connectivity index (χ1n) is 11.4. The van der Waals surface area contributed by atoms with E-state index in [4.69, 9.17) is 15.3 Å². The number of aryl methyl sites for hydroxylation is 1. The summed E-state index contributed by atoms with van der Waals surface area (Å²) in [6.45, 7) is 5.91. The third-order valence-electron chi connectivity index (χ3n) is 5.75. The molecule has 0 spiro atoms. The van der Waals surface area contributed by atoms with Crippen molar-refractivity contribution in [2.45, 2.75) is 64.3 Å². The minimum Gasteiger partial charge on any atom is -0.490 e. The Kier molecular flexibility index (Phi) is 11.0. The van der Waals surface area contributed by atoms with Gasteiger partial charge in [0.15, 0.2) is 11.6 Å². The molecule has 168 valence electrons. The number of nitrogens with two attached hydrogens (primary N) is 1. The van der Waals surface area contributed by atoms with Gasteiger partial charge >= 0.3 is 0 Å². The minimum atomic E-state index is -0.285. The van der Waals surface area contributed by atoms with Crippen LogP contribution in [-0.4, -0.2) is 18.9 Å². The van der Waals surface area contributed by atoms with E-state index in [0.717, 1.165) is 43.2 Å². The van der Waals surface area contributed by atoms with E-state index in [1.807, 2.05) is 6.07 Å². The Morgan fingerprint density at radius 1 is 1.06 bits per heavy atom. The first-order chi connectivity index (χ1) is 15.1. The Bertz CT molecular complexity index is 789. The second-order valence-corrected chi connectivity index (χ2v) is 8.26. The molecule has 0 amide bonds. The van der Waals surface area contributed by atoms with Gasteiger partial charge in [-0.1, -0.05) is 56.7 Å². The van der Waals surface area contributed by atoms with Crippen LogP contribution >= 0.6 is 0 Å². The molecule has 4 heteroatoms. The van der Waals surface area contributed by atoms with Gasteiger partial charge in [-0.05, 0) is 79.3 Å². The minimum absolute atomic E-state index is 0.285. The second kappa shape index (κ2) is 13.8. The first kappa shape index (κ1) is 24.8. The number of carbonyl (C=O) groups excluding carboxylic acids is 1. The van der Waals surface area contributed by atoms with Crippen LogP contribution in [0.5, 0.6) is 5.75 Å². The highest BCUT2D eigenvalue weighted by Gasteiger charge is 2.19. The van der Waals surface area contributed by atoms with Crippen molar-refractivity contribution in [1.29, 1.82) is 0 Å². The molecule has 2 aromatic rings. The Morgan fingerprint density at radius 2 is 1.71 bits per heavy atom. The lowest BCUT2D eigenvalue weighted by atomic mass is 9.87. The number of ether oxygens (including phenoxy) is 1. The van der Waals surface area contributed by atoms with Gasteiger partial charge in [-0.15, -0.1) is 0 Å². The van der Waals surface area contributed by atoms with Crippen LogP contribution in [0.4, 0.5) is 4.39 Å². The molecule has 3 rings (SSSR count). The van der Waals surface area contributed by atoms with Crippen LogP contribution in [-0.2, 0) is 11.2 Å². The van der Waals surface area contributed by atoms with Crippen LogP contribution < -0.4 is 10.5 Å². The summed E-state index contributed by atoms with van der Waals surface area (Å²) in [5, 5.41) is 0. The molecule has 2 N–H and O–H groups in total. The largest absolute Gasteiger partial charge is 0.490 e. The van der Waals surface area contributed by atoms with Gasteiger partial charge < -0.3 is 10.5 Å². The van der Waals surface area contributed by atoms with E-state index in [2.05, 4.69) is 37.8 Å². The molecule has 0 unspecified atom stereocenters. The maximum absolute atomic E-state index is 14.5. The Hall–Kier alpha value is -2.46. The van der Waals surface area contributed by atoms with E-state index >= 15 is 0 Å². The van der Waals surface area contributed by atoms with Gasteiger partial charge in [-0.3, -0.25) is 4.79 Å². The van der Waals surface area contributed by atoms with Gasteiger partial charge in [0.25, 0.3) is 0 Å². The summed E-state index contributed by atoms with van der Waals surface area (Å²) in [6, 6.07) is 14.1. The fourth-order valence-corrected chi connectivity index (χ4v) is 3.80. The summed E-state index contributed by atoms with van der Waals surface area (Å²) in [4.78, 5) is 9.06. The van der Waals surface area contributed by atoms with Gasteiger partial charge in [-0.2, -0.15) is 0 Å². The summed E-state index contributed by atoms with van der Waals surface area (Å²) < 4.78 is 20.3. The molecular weight excluding hydrogens is 389 g/mol. The van der Waals surface area contributed by atoms with Crippen LogP contribution in [0, 0.1) is 11.7 Å². The van der Waals surface area contributed by atoms with Crippen molar-refractivity contribution in [2.75, 3.05) is 6.61 Å². The molecule has 0 radical (unpaired) electrons. The van der Waals surface area contributed by atoms with Gasteiger partial charge in [-0.25, -0.2) is 4.39 Å². The molecule has 0 saturated heterocycles. The molecule has 3 nitrogen and oxygen atoms in total. The Labute approximate surface area is 186 Å². The number of carbonyl (C=O) groups is 1. The molecule has 1 aliphatic rings. The molecular formula is C27H36FNO2. The number of halogens is 1. The van der Waals surface area contributed by atoms with Crippen molar-refractivity contribution in [3.8, 4) is 16.9 Å². The third kappa shape index (κ3) is 8.66. The number of hydrogen-bond donors (Lipinski definition) is 1. The molecule has 0 heterocycles. The highest BCUT2D eigenvalue weighted by Crippen LogP contribution is 2.28. The smallest absolute Gasteiger partial charge is 0.165 e. The standard InChI is InChI=1S/C24H32FNO.C3H4O/c1-2-3-4-5-18-6-10-20(11-7-18)21-12-15-24(23(25)16-21)27-17-19-8-13-22(26)14-9-19;1-2-3-4/h6-7,10-12,15-16,19,22H,2-5,8-9,13-14,17,26H2,1H3;2-3H,1H2. The summed E-state index contributed by atoms with van der Waals surface area (Å²) in [5.74, 6) is 0.556. The van der Waals surface area contributed by atoms with Crippen molar-refractivity contribution in [3.05, 3.63) is 66.5 Å². The number of allylic oxidation sites excluding steroid dienone is 1. The zero-order valence-corrected chi connectivity index (χ0v) is 18.7.